The maximum Gasteiger partial charge on any atom is 0.111 e. The Balaban J connectivity index is 1.62. The first-order valence-electron chi connectivity index (χ1n) is 9.96. The summed E-state index contributed by atoms with van der Waals surface area (Å²) in [7, 11) is 0. The summed E-state index contributed by atoms with van der Waals surface area (Å²) in [6, 6.07) is 17.6. The molecule has 1 saturated heterocycles. The Morgan fingerprint density at radius 1 is 1.11 bits per heavy atom. The zero-order valence-electron chi connectivity index (χ0n) is 16.5. The van der Waals surface area contributed by atoms with Gasteiger partial charge in [0.25, 0.3) is 0 Å². The molecule has 3 unspecified atom stereocenters. The van der Waals surface area contributed by atoms with E-state index < -0.39 is 0 Å². The number of aryl methyl sites for hydroxylation is 1. The molecule has 1 heterocycles. The number of ether oxygens (including phenoxy) is 2. The summed E-state index contributed by atoms with van der Waals surface area (Å²) in [6.07, 6.45) is 4.24. The van der Waals surface area contributed by atoms with Crippen LogP contribution in [-0.4, -0.2) is 36.7 Å². The van der Waals surface area contributed by atoms with E-state index in [0.29, 0.717) is 6.04 Å². The Hall–Kier alpha value is -1.94. The molecule has 4 rings (SSSR count). The van der Waals surface area contributed by atoms with Crippen LogP contribution in [0.1, 0.15) is 48.3 Å². The van der Waals surface area contributed by atoms with E-state index >= 15 is 0 Å². The molecular formula is C24H29NO2. The van der Waals surface area contributed by atoms with E-state index in [0.717, 1.165) is 19.7 Å². The highest BCUT2D eigenvalue weighted by Crippen LogP contribution is 2.37. The van der Waals surface area contributed by atoms with Gasteiger partial charge in [0.05, 0.1) is 6.61 Å². The second kappa shape index (κ2) is 7.97. The molecule has 0 spiro atoms. The van der Waals surface area contributed by atoms with Crippen LogP contribution in [0.25, 0.3) is 6.08 Å². The van der Waals surface area contributed by atoms with Gasteiger partial charge in [0.1, 0.15) is 18.3 Å². The maximum absolute atomic E-state index is 6.71. The maximum atomic E-state index is 6.71. The second-order valence-corrected chi connectivity index (χ2v) is 7.88. The molecule has 3 atom stereocenters. The summed E-state index contributed by atoms with van der Waals surface area (Å²) in [5.74, 6) is 0. The van der Waals surface area contributed by atoms with Crippen LogP contribution in [0.2, 0.25) is 0 Å². The van der Waals surface area contributed by atoms with Crippen molar-refractivity contribution in [3.05, 3.63) is 76.9 Å². The van der Waals surface area contributed by atoms with Crippen LogP contribution in [0.4, 0.5) is 0 Å². The van der Waals surface area contributed by atoms with Crippen molar-refractivity contribution in [1.82, 2.24) is 4.90 Å². The van der Waals surface area contributed by atoms with Gasteiger partial charge in [-0.15, -0.1) is 0 Å². The SMILES string of the molecule is Cc1cccc(C(OC2C=Cc3ccccc32)C2CN(C(C)C)CCO2)c1. The van der Waals surface area contributed by atoms with Crippen LogP contribution in [0, 0.1) is 6.92 Å². The van der Waals surface area contributed by atoms with Crippen LogP contribution in [-0.2, 0) is 9.47 Å². The van der Waals surface area contributed by atoms with Crippen LogP contribution < -0.4 is 0 Å². The molecule has 1 fully saturated rings. The molecule has 3 heteroatoms. The number of benzene rings is 2. The summed E-state index contributed by atoms with van der Waals surface area (Å²) < 4.78 is 12.9. The molecule has 2 aliphatic rings. The van der Waals surface area contributed by atoms with Gasteiger partial charge in [-0.1, -0.05) is 66.2 Å². The fraction of sp³-hybridized carbons (Fsp3) is 0.417. The van der Waals surface area contributed by atoms with Gasteiger partial charge in [0, 0.05) is 19.1 Å². The van der Waals surface area contributed by atoms with Crippen molar-refractivity contribution in [2.75, 3.05) is 19.7 Å². The quantitative estimate of drug-likeness (QED) is 0.752. The molecular weight excluding hydrogens is 334 g/mol. The number of hydrogen-bond acceptors (Lipinski definition) is 3. The summed E-state index contributed by atoms with van der Waals surface area (Å²) >= 11 is 0. The monoisotopic (exact) mass is 363 g/mol. The van der Waals surface area contributed by atoms with E-state index in [-0.39, 0.29) is 18.3 Å². The first-order valence-corrected chi connectivity index (χ1v) is 9.96. The van der Waals surface area contributed by atoms with Crippen molar-refractivity contribution in [3.8, 4) is 0 Å². The summed E-state index contributed by atoms with van der Waals surface area (Å²) in [4.78, 5) is 2.48. The standard InChI is InChI=1S/C24H29NO2/c1-17(2)25-13-14-26-23(16-25)24(20-9-6-7-18(3)15-20)27-22-12-11-19-8-4-5-10-21(19)22/h4-12,15,17,22-24H,13-14,16H2,1-3H3. The van der Waals surface area contributed by atoms with Crippen molar-refractivity contribution in [2.24, 2.45) is 0 Å². The average Bonchev–Trinajstić information content (AvgIpc) is 3.09. The van der Waals surface area contributed by atoms with E-state index in [4.69, 9.17) is 9.47 Å². The van der Waals surface area contributed by atoms with Gasteiger partial charge < -0.3 is 9.47 Å². The van der Waals surface area contributed by atoms with E-state index in [1.165, 1.54) is 22.3 Å². The second-order valence-electron chi connectivity index (χ2n) is 7.88. The number of morpholine rings is 1. The fourth-order valence-electron chi connectivity index (χ4n) is 4.07. The summed E-state index contributed by atoms with van der Waals surface area (Å²) in [5, 5.41) is 0. The van der Waals surface area contributed by atoms with Crippen LogP contribution in [0.15, 0.2) is 54.6 Å². The molecule has 0 N–H and O–H groups in total. The third kappa shape index (κ3) is 4.01. The minimum absolute atomic E-state index is 0.0234. The van der Waals surface area contributed by atoms with Gasteiger partial charge in [0.15, 0.2) is 0 Å². The van der Waals surface area contributed by atoms with Crippen LogP contribution in [0.3, 0.4) is 0 Å². The highest BCUT2D eigenvalue weighted by molar-refractivity contribution is 5.61. The van der Waals surface area contributed by atoms with E-state index in [9.17, 15) is 0 Å². The molecule has 1 aliphatic carbocycles. The Morgan fingerprint density at radius 2 is 1.96 bits per heavy atom. The Kier molecular flexibility index (Phi) is 5.44. The Morgan fingerprint density at radius 3 is 2.78 bits per heavy atom. The van der Waals surface area contributed by atoms with Crippen molar-refractivity contribution in [1.29, 1.82) is 0 Å². The number of nitrogens with zero attached hydrogens (tertiary/aromatic N) is 1. The predicted molar refractivity (Wildman–Crippen MR) is 110 cm³/mol. The fourth-order valence-corrected chi connectivity index (χ4v) is 4.07. The molecule has 0 aromatic heterocycles. The molecule has 2 aromatic carbocycles. The Labute approximate surface area is 162 Å². The van der Waals surface area contributed by atoms with Crippen LogP contribution >= 0.6 is 0 Å². The molecule has 3 nitrogen and oxygen atoms in total. The first kappa shape index (κ1) is 18.4. The lowest BCUT2D eigenvalue weighted by atomic mass is 9.99. The first-order chi connectivity index (χ1) is 13.1. The van der Waals surface area contributed by atoms with Gasteiger partial charge >= 0.3 is 0 Å². The summed E-state index contributed by atoms with van der Waals surface area (Å²) in [6.45, 7) is 9.27. The zero-order chi connectivity index (χ0) is 18.8. The number of hydrogen-bond donors (Lipinski definition) is 0. The van der Waals surface area contributed by atoms with Crippen molar-refractivity contribution in [3.63, 3.8) is 0 Å². The van der Waals surface area contributed by atoms with Crippen molar-refractivity contribution >= 4 is 6.08 Å². The Bertz CT molecular complexity index is 814. The lowest BCUT2D eigenvalue weighted by Gasteiger charge is -2.39. The zero-order valence-corrected chi connectivity index (χ0v) is 16.5. The largest absolute Gasteiger partial charge is 0.372 e. The van der Waals surface area contributed by atoms with Gasteiger partial charge in [-0.2, -0.15) is 0 Å². The third-order valence-electron chi connectivity index (χ3n) is 5.61. The normalized spacial score (nSPS) is 23.6. The minimum atomic E-state index is -0.0905. The van der Waals surface area contributed by atoms with Crippen LogP contribution in [0.5, 0.6) is 0 Å². The molecule has 142 valence electrons. The summed E-state index contributed by atoms with van der Waals surface area (Å²) in [5.41, 5.74) is 4.94. The highest BCUT2D eigenvalue weighted by atomic mass is 16.5. The third-order valence-corrected chi connectivity index (χ3v) is 5.61. The molecule has 0 bridgehead atoms. The van der Waals surface area contributed by atoms with Gasteiger partial charge in [-0.3, -0.25) is 4.90 Å². The van der Waals surface area contributed by atoms with E-state index in [2.05, 4.69) is 86.4 Å². The average molecular weight is 364 g/mol. The molecule has 1 aliphatic heterocycles. The number of rotatable bonds is 5. The lowest BCUT2D eigenvalue weighted by molar-refractivity contribution is -0.130. The molecule has 0 saturated carbocycles. The van der Waals surface area contributed by atoms with E-state index in [1.54, 1.807) is 0 Å². The van der Waals surface area contributed by atoms with Gasteiger partial charge in [-0.05, 0) is 37.5 Å². The van der Waals surface area contributed by atoms with Gasteiger partial charge in [-0.25, -0.2) is 0 Å². The molecule has 2 aromatic rings. The smallest absolute Gasteiger partial charge is 0.111 e. The van der Waals surface area contributed by atoms with Crippen molar-refractivity contribution in [2.45, 2.75) is 45.1 Å². The predicted octanol–water partition coefficient (Wildman–Crippen LogP) is 4.93. The van der Waals surface area contributed by atoms with E-state index in [1.807, 2.05) is 0 Å². The van der Waals surface area contributed by atoms with Gasteiger partial charge in [0.2, 0.25) is 0 Å². The topological polar surface area (TPSA) is 21.7 Å². The molecule has 27 heavy (non-hydrogen) atoms. The lowest BCUT2D eigenvalue weighted by Crippen LogP contribution is -2.48. The number of fused-ring (bicyclic) bond motifs is 1. The molecule has 0 amide bonds. The minimum Gasteiger partial charge on any atom is -0.372 e. The molecule has 0 radical (unpaired) electrons. The van der Waals surface area contributed by atoms with Crippen molar-refractivity contribution < 1.29 is 9.47 Å². The highest BCUT2D eigenvalue weighted by Gasteiger charge is 2.33.